The Labute approximate surface area is 187 Å². The number of rotatable bonds is 7. The Hall–Kier alpha value is -1.06. The first-order valence-electron chi connectivity index (χ1n) is 10.3. The van der Waals surface area contributed by atoms with Crippen LogP contribution in [0.25, 0.3) is 0 Å². The fraction of sp³-hybridized carbons (Fsp3) is 0.667. The molecule has 2 heterocycles. The van der Waals surface area contributed by atoms with Crippen LogP contribution in [0.2, 0.25) is 0 Å². The minimum atomic E-state index is 0. The van der Waals surface area contributed by atoms with Crippen LogP contribution in [0.3, 0.4) is 0 Å². The first-order valence-corrected chi connectivity index (χ1v) is 10.3. The topological polar surface area (TPSA) is 52.1 Å². The third-order valence-corrected chi connectivity index (χ3v) is 5.45. The average molecular weight is 501 g/mol. The van der Waals surface area contributed by atoms with Gasteiger partial charge in [-0.2, -0.15) is 0 Å². The second-order valence-corrected chi connectivity index (χ2v) is 7.57. The number of guanidine groups is 1. The van der Waals surface area contributed by atoms with Crippen molar-refractivity contribution in [3.63, 3.8) is 0 Å². The van der Waals surface area contributed by atoms with Crippen LogP contribution < -0.4 is 15.5 Å². The number of aryl methyl sites for hydroxylation is 1. The fourth-order valence-electron chi connectivity index (χ4n) is 3.75. The van der Waals surface area contributed by atoms with Gasteiger partial charge < -0.3 is 20.3 Å². The fourth-order valence-corrected chi connectivity index (χ4v) is 3.75. The Balaban J connectivity index is 0.00000280. The summed E-state index contributed by atoms with van der Waals surface area (Å²) in [6.07, 6.45) is 3.53. The number of benzene rings is 1. The highest BCUT2D eigenvalue weighted by molar-refractivity contribution is 14.0. The minimum absolute atomic E-state index is 0. The Morgan fingerprint density at radius 3 is 2.61 bits per heavy atom. The van der Waals surface area contributed by atoms with Crippen molar-refractivity contribution in [2.45, 2.75) is 32.2 Å². The number of aliphatic imine (C=N–C) groups is 1. The van der Waals surface area contributed by atoms with Gasteiger partial charge in [-0.1, -0.05) is 17.7 Å². The molecule has 2 aliphatic rings. The molecule has 0 spiro atoms. The molecule has 6 nitrogen and oxygen atoms in total. The van der Waals surface area contributed by atoms with E-state index in [9.17, 15) is 0 Å². The largest absolute Gasteiger partial charge is 0.379 e. The molecule has 1 atom stereocenters. The van der Waals surface area contributed by atoms with Crippen LogP contribution in [0.4, 0.5) is 5.69 Å². The Morgan fingerprint density at radius 1 is 1.14 bits per heavy atom. The van der Waals surface area contributed by atoms with Crippen molar-refractivity contribution in [2.24, 2.45) is 4.99 Å². The van der Waals surface area contributed by atoms with E-state index < -0.39 is 0 Å². The maximum atomic E-state index is 5.40. The van der Waals surface area contributed by atoms with Gasteiger partial charge in [0.25, 0.3) is 0 Å². The van der Waals surface area contributed by atoms with Crippen LogP contribution >= 0.6 is 24.0 Å². The molecule has 2 fully saturated rings. The van der Waals surface area contributed by atoms with Gasteiger partial charge in [0.2, 0.25) is 0 Å². The molecule has 0 aliphatic carbocycles. The van der Waals surface area contributed by atoms with E-state index in [2.05, 4.69) is 56.6 Å². The maximum absolute atomic E-state index is 5.40. The molecule has 1 unspecified atom stereocenters. The van der Waals surface area contributed by atoms with Crippen LogP contribution in [-0.2, 0) is 4.74 Å². The van der Waals surface area contributed by atoms with Gasteiger partial charge in [0, 0.05) is 51.5 Å². The van der Waals surface area contributed by atoms with Crippen LogP contribution in [0.1, 0.15) is 24.8 Å². The molecule has 1 aromatic carbocycles. The molecule has 0 saturated carbocycles. The van der Waals surface area contributed by atoms with E-state index in [1.807, 2.05) is 7.05 Å². The van der Waals surface area contributed by atoms with Gasteiger partial charge in [0.1, 0.15) is 0 Å². The summed E-state index contributed by atoms with van der Waals surface area (Å²) in [7, 11) is 1.86. The number of nitrogens with one attached hydrogen (secondary N) is 2. The van der Waals surface area contributed by atoms with Gasteiger partial charge in [-0.15, -0.1) is 24.0 Å². The monoisotopic (exact) mass is 501 g/mol. The van der Waals surface area contributed by atoms with Crippen molar-refractivity contribution in [3.8, 4) is 0 Å². The van der Waals surface area contributed by atoms with Crippen molar-refractivity contribution >= 4 is 35.6 Å². The van der Waals surface area contributed by atoms with Gasteiger partial charge in [-0.05, 0) is 44.9 Å². The van der Waals surface area contributed by atoms with E-state index in [4.69, 9.17) is 4.74 Å². The highest BCUT2D eigenvalue weighted by Crippen LogP contribution is 2.20. The molecule has 3 rings (SSSR count). The van der Waals surface area contributed by atoms with E-state index in [1.54, 1.807) is 0 Å². The van der Waals surface area contributed by atoms with E-state index in [-0.39, 0.29) is 24.0 Å². The lowest BCUT2D eigenvalue weighted by atomic mass is 10.2. The van der Waals surface area contributed by atoms with Crippen LogP contribution in [0.15, 0.2) is 29.3 Å². The quantitative estimate of drug-likeness (QED) is 0.260. The van der Waals surface area contributed by atoms with Gasteiger partial charge in [0.05, 0.1) is 13.2 Å². The zero-order valence-corrected chi connectivity index (χ0v) is 19.7. The molecule has 158 valence electrons. The van der Waals surface area contributed by atoms with Gasteiger partial charge in [-0.25, -0.2) is 0 Å². The summed E-state index contributed by atoms with van der Waals surface area (Å²) in [5.41, 5.74) is 2.63. The molecule has 7 heteroatoms. The zero-order valence-electron chi connectivity index (χ0n) is 17.3. The number of halogens is 1. The van der Waals surface area contributed by atoms with E-state index in [0.717, 1.165) is 64.7 Å². The smallest absolute Gasteiger partial charge is 0.191 e. The number of unbranched alkanes of at least 4 members (excludes halogenated alkanes) is 1. The van der Waals surface area contributed by atoms with Gasteiger partial charge >= 0.3 is 0 Å². The molecule has 1 aromatic rings. The number of hydrogen-bond donors (Lipinski definition) is 2. The maximum Gasteiger partial charge on any atom is 0.191 e. The predicted molar refractivity (Wildman–Crippen MR) is 128 cm³/mol. The summed E-state index contributed by atoms with van der Waals surface area (Å²) in [5.74, 6) is 0.928. The van der Waals surface area contributed by atoms with Crippen LogP contribution in [0, 0.1) is 6.92 Å². The summed E-state index contributed by atoms with van der Waals surface area (Å²) in [6, 6.07) is 9.27. The highest BCUT2D eigenvalue weighted by Gasteiger charge is 2.23. The molecule has 0 bridgehead atoms. The molecule has 0 aromatic heterocycles. The van der Waals surface area contributed by atoms with Gasteiger partial charge in [0.15, 0.2) is 5.96 Å². The predicted octanol–water partition coefficient (Wildman–Crippen LogP) is 2.47. The number of morpholine rings is 1. The standard InChI is InChI=1S/C21H35N5O.HI/c1-18-5-7-20(8-6-18)26-12-9-19(17-26)24-21(22-2)23-10-3-4-11-25-13-15-27-16-14-25;/h5-8,19H,3-4,9-17H2,1-2H3,(H2,22,23,24);1H. The van der Waals surface area contributed by atoms with Crippen molar-refractivity contribution in [1.29, 1.82) is 0 Å². The minimum Gasteiger partial charge on any atom is -0.379 e. The summed E-state index contributed by atoms with van der Waals surface area (Å²) < 4.78 is 5.40. The van der Waals surface area contributed by atoms with Crippen LogP contribution in [0.5, 0.6) is 0 Å². The van der Waals surface area contributed by atoms with E-state index in [0.29, 0.717) is 6.04 Å². The Bertz CT molecular complexity index is 589. The molecular weight excluding hydrogens is 465 g/mol. The molecule has 28 heavy (non-hydrogen) atoms. The molecule has 2 saturated heterocycles. The summed E-state index contributed by atoms with van der Waals surface area (Å²) in [6.45, 7) is 10.3. The normalized spacial score (nSPS) is 20.7. The highest BCUT2D eigenvalue weighted by atomic mass is 127. The number of ether oxygens (including phenoxy) is 1. The molecule has 0 amide bonds. The molecule has 2 aliphatic heterocycles. The second kappa shape index (κ2) is 12.5. The first-order chi connectivity index (χ1) is 13.2. The lowest BCUT2D eigenvalue weighted by Crippen LogP contribution is -2.45. The third-order valence-electron chi connectivity index (χ3n) is 5.45. The number of nitrogens with zero attached hydrogens (tertiary/aromatic N) is 3. The lowest BCUT2D eigenvalue weighted by molar-refractivity contribution is 0.0372. The number of hydrogen-bond acceptors (Lipinski definition) is 4. The third kappa shape index (κ3) is 7.40. The van der Waals surface area contributed by atoms with Gasteiger partial charge in [-0.3, -0.25) is 9.89 Å². The summed E-state index contributed by atoms with van der Waals surface area (Å²) >= 11 is 0. The summed E-state index contributed by atoms with van der Waals surface area (Å²) in [4.78, 5) is 9.34. The SMILES string of the molecule is CN=C(NCCCCN1CCOCC1)NC1CCN(c2ccc(C)cc2)C1.I. The molecule has 2 N–H and O–H groups in total. The molecule has 0 radical (unpaired) electrons. The van der Waals surface area contributed by atoms with Crippen molar-refractivity contribution in [2.75, 3.05) is 64.4 Å². The average Bonchev–Trinajstić information content (AvgIpc) is 3.16. The lowest BCUT2D eigenvalue weighted by Gasteiger charge is -2.26. The van der Waals surface area contributed by atoms with Crippen LogP contribution in [-0.4, -0.2) is 76.4 Å². The Morgan fingerprint density at radius 2 is 1.89 bits per heavy atom. The van der Waals surface area contributed by atoms with E-state index in [1.165, 1.54) is 24.2 Å². The first kappa shape index (κ1) is 23.2. The van der Waals surface area contributed by atoms with Crippen molar-refractivity contribution < 1.29 is 4.74 Å². The Kier molecular flexibility index (Phi) is 10.4. The van der Waals surface area contributed by atoms with Crippen molar-refractivity contribution in [1.82, 2.24) is 15.5 Å². The van der Waals surface area contributed by atoms with Crippen molar-refractivity contribution in [3.05, 3.63) is 29.8 Å². The number of anilines is 1. The summed E-state index contributed by atoms with van der Waals surface area (Å²) in [5, 5.41) is 7.06. The zero-order chi connectivity index (χ0) is 18.9. The van der Waals surface area contributed by atoms with E-state index >= 15 is 0 Å². The molecular formula is C21H36IN5O. The second-order valence-electron chi connectivity index (χ2n) is 7.57.